The predicted octanol–water partition coefficient (Wildman–Crippen LogP) is 3.31. The molecule has 2 rings (SSSR count). The van der Waals surface area contributed by atoms with Crippen molar-refractivity contribution >= 4 is 31.5 Å². The van der Waals surface area contributed by atoms with Crippen LogP contribution in [0.2, 0.25) is 0 Å². The predicted molar refractivity (Wildman–Crippen MR) is 83.4 cm³/mol. The first-order valence-corrected chi connectivity index (χ1v) is 8.75. The van der Waals surface area contributed by atoms with Crippen LogP contribution < -0.4 is 0 Å². The maximum atomic E-state index is 11.3. The molecule has 0 aliphatic rings. The van der Waals surface area contributed by atoms with E-state index in [1.165, 1.54) is 6.92 Å². The third-order valence-electron chi connectivity index (χ3n) is 3.10. The van der Waals surface area contributed by atoms with E-state index in [1.54, 1.807) is 0 Å². The molecular weight excluding hydrogens is 350 g/mol. The molecule has 0 atom stereocenters. The second-order valence-corrected chi connectivity index (χ2v) is 7.88. The highest BCUT2D eigenvalue weighted by atomic mass is 32.3. The number of benzene rings is 2. The summed E-state index contributed by atoms with van der Waals surface area (Å²) >= 11 is 0. The number of aromatic hydroxyl groups is 1. The number of fused-ring (bicyclic) bond motifs is 1. The van der Waals surface area contributed by atoms with Gasteiger partial charge in [0, 0.05) is 19.1 Å². The Morgan fingerprint density at radius 3 is 1.91 bits per heavy atom. The molecule has 122 valence electrons. The molecule has 0 fully saturated rings. The number of aryl methyl sites for hydroxylation is 1. The van der Waals surface area contributed by atoms with Crippen molar-refractivity contribution in [3.63, 3.8) is 0 Å². The van der Waals surface area contributed by atoms with Crippen LogP contribution in [0.4, 0.5) is 0 Å². The maximum Gasteiger partial charge on any atom is 0.294 e. The first-order chi connectivity index (χ1) is 10.7. The van der Waals surface area contributed by atoms with Gasteiger partial charge in [0.05, 0.1) is 9.79 Å². The Bertz CT molecular complexity index is 921. The molecule has 0 aliphatic carbocycles. The molecule has 2 aromatic carbocycles. The Morgan fingerprint density at radius 2 is 1.43 bits per heavy atom. The molecular formula is C11H9N3O7S2. The fraction of sp³-hybridized carbons (Fsp3) is 0.0909. The van der Waals surface area contributed by atoms with Crippen LogP contribution in [0.5, 0.6) is 5.75 Å². The van der Waals surface area contributed by atoms with E-state index in [2.05, 4.69) is 13.7 Å². The minimum absolute atomic E-state index is 0.0560. The minimum atomic E-state index is -4.52. The lowest BCUT2D eigenvalue weighted by Gasteiger charge is -2.16. The number of hydrogen-bond acceptors (Lipinski definition) is 9. The lowest BCUT2D eigenvalue weighted by atomic mass is 10.0. The van der Waals surface area contributed by atoms with E-state index in [0.29, 0.717) is 5.56 Å². The summed E-state index contributed by atoms with van der Waals surface area (Å²) in [5.74, 6) is -0.426. The van der Waals surface area contributed by atoms with Crippen molar-refractivity contribution in [2.45, 2.75) is 16.7 Å². The molecule has 2 N–H and O–H groups in total. The van der Waals surface area contributed by atoms with Gasteiger partial charge in [-0.25, -0.2) is 0 Å². The average molecular weight is 359 g/mol. The number of nitroso groups, excluding NO2 is 3. The lowest BCUT2D eigenvalue weighted by molar-refractivity contribution is 0.478. The SMILES string of the molecule is Cc1cc(S(=O)(=O)O)cc2cc(S(N=O)(N=O)N=O)cc(O)c12. The summed E-state index contributed by atoms with van der Waals surface area (Å²) in [6.07, 6.45) is 0. The zero-order valence-corrected chi connectivity index (χ0v) is 13.0. The summed E-state index contributed by atoms with van der Waals surface area (Å²) in [6.45, 7) is 1.48. The topological polar surface area (TPSA) is 163 Å². The van der Waals surface area contributed by atoms with Crippen LogP contribution in [0.25, 0.3) is 10.8 Å². The minimum Gasteiger partial charge on any atom is -0.507 e. The summed E-state index contributed by atoms with van der Waals surface area (Å²) < 4.78 is 38.7. The van der Waals surface area contributed by atoms with Crippen molar-refractivity contribution in [1.82, 2.24) is 0 Å². The molecule has 0 saturated heterocycles. The number of phenolic OH excluding ortho intramolecular Hbond substituents is 1. The molecule has 0 aromatic heterocycles. The van der Waals surface area contributed by atoms with Gasteiger partial charge >= 0.3 is 0 Å². The molecule has 0 saturated carbocycles. The van der Waals surface area contributed by atoms with Crippen LogP contribution in [0.3, 0.4) is 0 Å². The van der Waals surface area contributed by atoms with Crippen LogP contribution in [0.15, 0.2) is 47.8 Å². The fourth-order valence-electron chi connectivity index (χ4n) is 2.12. The Kier molecular flexibility index (Phi) is 4.15. The lowest BCUT2D eigenvalue weighted by Crippen LogP contribution is -1.99. The van der Waals surface area contributed by atoms with Crippen LogP contribution in [0.1, 0.15) is 5.56 Å². The molecule has 10 nitrogen and oxygen atoms in total. The van der Waals surface area contributed by atoms with Crippen LogP contribution in [0, 0.1) is 21.6 Å². The molecule has 0 amide bonds. The number of phenols is 1. The monoisotopic (exact) mass is 359 g/mol. The molecule has 23 heavy (non-hydrogen) atoms. The van der Waals surface area contributed by atoms with Gasteiger partial charge in [-0.3, -0.25) is 4.55 Å². The van der Waals surface area contributed by atoms with Gasteiger partial charge in [-0.1, -0.05) is 0 Å². The van der Waals surface area contributed by atoms with Crippen molar-refractivity contribution < 1.29 is 18.1 Å². The van der Waals surface area contributed by atoms with Crippen molar-refractivity contribution in [2.24, 2.45) is 13.7 Å². The van der Waals surface area contributed by atoms with E-state index in [0.717, 1.165) is 24.3 Å². The van der Waals surface area contributed by atoms with Gasteiger partial charge in [0.25, 0.3) is 10.1 Å². The second-order valence-electron chi connectivity index (χ2n) is 4.50. The van der Waals surface area contributed by atoms with Gasteiger partial charge in [-0.05, 0) is 42.1 Å². The first-order valence-electron chi connectivity index (χ1n) is 5.80. The Morgan fingerprint density at radius 1 is 0.913 bits per heavy atom. The molecule has 12 heteroatoms. The quantitative estimate of drug-likeness (QED) is 0.610. The van der Waals surface area contributed by atoms with E-state index in [1.807, 2.05) is 0 Å². The summed E-state index contributed by atoms with van der Waals surface area (Å²) in [6, 6.07) is 4.18. The smallest absolute Gasteiger partial charge is 0.294 e. The van der Waals surface area contributed by atoms with Crippen LogP contribution in [-0.2, 0) is 10.1 Å². The highest BCUT2D eigenvalue weighted by Gasteiger charge is 2.32. The second kappa shape index (κ2) is 5.64. The summed E-state index contributed by atoms with van der Waals surface area (Å²) in [7, 11) is -8.35. The molecule has 2 aromatic rings. The molecule has 0 aliphatic heterocycles. The summed E-state index contributed by atoms with van der Waals surface area (Å²) in [5, 5.41) is 10.3. The van der Waals surface area contributed by atoms with Gasteiger partial charge < -0.3 is 5.11 Å². The molecule has 0 spiro atoms. The normalized spacial score (nSPS) is 12.8. The first kappa shape index (κ1) is 16.9. The molecule has 0 radical (unpaired) electrons. The van der Waals surface area contributed by atoms with Crippen LogP contribution >= 0.6 is 10.6 Å². The van der Waals surface area contributed by atoms with E-state index in [4.69, 9.17) is 4.55 Å². The zero-order chi connectivity index (χ0) is 17.4. The Labute approximate surface area is 130 Å². The molecule has 0 heterocycles. The Balaban J connectivity index is 2.91. The fourth-order valence-corrected chi connectivity index (χ4v) is 3.62. The summed E-state index contributed by atoms with van der Waals surface area (Å²) in [5.41, 5.74) is 0.303. The van der Waals surface area contributed by atoms with Gasteiger partial charge in [-0.15, -0.1) is 14.7 Å². The van der Waals surface area contributed by atoms with E-state index in [-0.39, 0.29) is 15.7 Å². The maximum absolute atomic E-state index is 11.3. The third kappa shape index (κ3) is 2.78. The Hall–Kier alpha value is -2.44. The highest BCUT2D eigenvalue weighted by Crippen LogP contribution is 2.60. The number of nitrogens with zero attached hydrogens (tertiary/aromatic N) is 3. The third-order valence-corrected chi connectivity index (χ3v) is 5.42. The highest BCUT2D eigenvalue weighted by molar-refractivity contribution is 8.30. The average Bonchev–Trinajstić information content (AvgIpc) is 2.48. The van der Waals surface area contributed by atoms with E-state index >= 15 is 0 Å². The van der Waals surface area contributed by atoms with E-state index in [9.17, 15) is 28.2 Å². The standard InChI is InChI=1S/C11H9N3O7S2/c1-6-2-9(23(19,20)21)4-7-3-8(5-10(15)11(6)7)22(12-16,13-17)14-18/h2-5,15H,1H3,(H,19,20,21). The van der Waals surface area contributed by atoms with E-state index < -0.39 is 31.3 Å². The van der Waals surface area contributed by atoms with Gasteiger partial charge in [-0.2, -0.15) is 8.42 Å². The van der Waals surface area contributed by atoms with Crippen molar-refractivity contribution in [3.05, 3.63) is 44.6 Å². The van der Waals surface area contributed by atoms with Gasteiger partial charge in [0.15, 0.2) is 10.6 Å². The van der Waals surface area contributed by atoms with Crippen LogP contribution in [-0.4, -0.2) is 18.1 Å². The largest absolute Gasteiger partial charge is 0.507 e. The zero-order valence-electron chi connectivity index (χ0n) is 11.4. The number of hydrogen-bond donors (Lipinski definition) is 2. The molecule has 0 unspecified atom stereocenters. The van der Waals surface area contributed by atoms with Crippen molar-refractivity contribution in [3.8, 4) is 5.75 Å². The molecule has 0 bridgehead atoms. The van der Waals surface area contributed by atoms with Crippen molar-refractivity contribution in [2.75, 3.05) is 0 Å². The van der Waals surface area contributed by atoms with Gasteiger partial charge in [0.1, 0.15) is 5.75 Å². The van der Waals surface area contributed by atoms with Crippen molar-refractivity contribution in [1.29, 1.82) is 0 Å². The summed E-state index contributed by atoms with van der Waals surface area (Å²) in [4.78, 5) is 31.6. The number of rotatable bonds is 5. The van der Waals surface area contributed by atoms with Gasteiger partial charge in [0.2, 0.25) is 0 Å².